The minimum absolute atomic E-state index is 0.104. The second-order valence-electron chi connectivity index (χ2n) is 3.85. The van der Waals surface area contributed by atoms with Crippen LogP contribution in [0.1, 0.15) is 25.3 Å². The molecular formula is C12H11F2NO5. The van der Waals surface area contributed by atoms with Crippen molar-refractivity contribution in [1.29, 1.82) is 0 Å². The van der Waals surface area contributed by atoms with Gasteiger partial charge in [-0.1, -0.05) is 0 Å². The summed E-state index contributed by atoms with van der Waals surface area (Å²) in [5.41, 5.74) is -1.77. The molecule has 0 N–H and O–H groups in total. The SMILES string of the molecule is CCOC(=O)[C@@H](C(C)=O)c1c([N+](=O)[O-])ccc(F)c1F. The van der Waals surface area contributed by atoms with Crippen LogP contribution in [-0.4, -0.2) is 23.3 Å². The van der Waals surface area contributed by atoms with Gasteiger partial charge in [-0.05, 0) is 19.9 Å². The van der Waals surface area contributed by atoms with Crippen molar-refractivity contribution in [2.75, 3.05) is 6.61 Å². The van der Waals surface area contributed by atoms with Crippen molar-refractivity contribution < 1.29 is 28.0 Å². The number of benzene rings is 1. The molecule has 0 radical (unpaired) electrons. The lowest BCUT2D eigenvalue weighted by atomic mass is 9.93. The molecule has 20 heavy (non-hydrogen) atoms. The standard InChI is InChI=1S/C12H11F2NO5/c1-3-20-12(17)9(6(2)16)10-8(15(18)19)5-4-7(13)11(10)14/h4-5,9H,3H2,1-2H3/t9-/m0/s1. The number of hydrogen-bond donors (Lipinski definition) is 0. The van der Waals surface area contributed by atoms with Gasteiger partial charge in [0, 0.05) is 6.07 Å². The largest absolute Gasteiger partial charge is 0.465 e. The van der Waals surface area contributed by atoms with E-state index in [1.165, 1.54) is 6.92 Å². The van der Waals surface area contributed by atoms with Crippen LogP contribution in [0.5, 0.6) is 0 Å². The first kappa shape index (κ1) is 15.7. The first-order valence-electron chi connectivity index (χ1n) is 5.60. The van der Waals surface area contributed by atoms with Gasteiger partial charge in [0.05, 0.1) is 17.1 Å². The zero-order chi connectivity index (χ0) is 15.4. The Kier molecular flexibility index (Phi) is 4.84. The Morgan fingerprint density at radius 1 is 1.40 bits per heavy atom. The summed E-state index contributed by atoms with van der Waals surface area (Å²) in [7, 11) is 0. The fourth-order valence-electron chi connectivity index (χ4n) is 1.70. The van der Waals surface area contributed by atoms with E-state index in [4.69, 9.17) is 0 Å². The number of halogens is 2. The van der Waals surface area contributed by atoms with Gasteiger partial charge >= 0.3 is 5.97 Å². The molecule has 0 unspecified atom stereocenters. The van der Waals surface area contributed by atoms with Crippen molar-refractivity contribution in [2.45, 2.75) is 19.8 Å². The summed E-state index contributed by atoms with van der Waals surface area (Å²) >= 11 is 0. The van der Waals surface area contributed by atoms with Crippen molar-refractivity contribution in [3.8, 4) is 0 Å². The van der Waals surface area contributed by atoms with Crippen LogP contribution in [0.4, 0.5) is 14.5 Å². The summed E-state index contributed by atoms with van der Waals surface area (Å²) in [5, 5.41) is 10.8. The summed E-state index contributed by atoms with van der Waals surface area (Å²) in [6.45, 7) is 2.29. The summed E-state index contributed by atoms with van der Waals surface area (Å²) in [6, 6.07) is 1.25. The third kappa shape index (κ3) is 2.95. The number of ether oxygens (including phenoxy) is 1. The van der Waals surface area contributed by atoms with Crippen LogP contribution >= 0.6 is 0 Å². The van der Waals surface area contributed by atoms with E-state index < -0.39 is 45.5 Å². The molecule has 0 saturated carbocycles. The van der Waals surface area contributed by atoms with Crippen LogP contribution in [0.25, 0.3) is 0 Å². The Morgan fingerprint density at radius 2 is 2.00 bits per heavy atom. The van der Waals surface area contributed by atoms with E-state index in [2.05, 4.69) is 4.74 Å². The number of carbonyl (C=O) groups excluding carboxylic acids is 2. The van der Waals surface area contributed by atoms with Crippen LogP contribution < -0.4 is 0 Å². The van der Waals surface area contributed by atoms with Gasteiger partial charge in [-0.25, -0.2) is 8.78 Å². The van der Waals surface area contributed by atoms with Crippen molar-refractivity contribution in [2.24, 2.45) is 0 Å². The van der Waals surface area contributed by atoms with Crippen LogP contribution in [0.15, 0.2) is 12.1 Å². The predicted octanol–water partition coefficient (Wildman–Crippen LogP) is 2.11. The Labute approximate surface area is 112 Å². The fourth-order valence-corrected chi connectivity index (χ4v) is 1.70. The number of nitrogens with zero attached hydrogens (tertiary/aromatic N) is 1. The van der Waals surface area contributed by atoms with Crippen LogP contribution in [-0.2, 0) is 14.3 Å². The zero-order valence-electron chi connectivity index (χ0n) is 10.7. The van der Waals surface area contributed by atoms with E-state index in [-0.39, 0.29) is 6.61 Å². The highest BCUT2D eigenvalue weighted by Crippen LogP contribution is 2.32. The van der Waals surface area contributed by atoms with Crippen LogP contribution in [0, 0.1) is 21.7 Å². The molecule has 0 bridgehead atoms. The topological polar surface area (TPSA) is 86.5 Å². The molecule has 0 spiro atoms. The van der Waals surface area contributed by atoms with Crippen molar-refractivity contribution in [1.82, 2.24) is 0 Å². The highest BCUT2D eigenvalue weighted by atomic mass is 19.2. The van der Waals surface area contributed by atoms with Crippen molar-refractivity contribution in [3.63, 3.8) is 0 Å². The molecule has 1 aromatic rings. The molecule has 0 aliphatic heterocycles. The maximum atomic E-state index is 13.8. The molecule has 0 amide bonds. The normalized spacial score (nSPS) is 11.8. The monoisotopic (exact) mass is 287 g/mol. The summed E-state index contributed by atoms with van der Waals surface area (Å²) in [4.78, 5) is 33.0. The van der Waals surface area contributed by atoms with Gasteiger partial charge in [0.25, 0.3) is 5.69 Å². The number of carbonyl (C=O) groups is 2. The van der Waals surface area contributed by atoms with Gasteiger partial charge in [-0.2, -0.15) is 0 Å². The predicted molar refractivity (Wildman–Crippen MR) is 63.1 cm³/mol. The molecule has 8 heteroatoms. The Balaban J connectivity index is 3.54. The summed E-state index contributed by atoms with van der Waals surface area (Å²) in [5.74, 6) is -6.90. The molecule has 0 aliphatic carbocycles. The minimum atomic E-state index is -1.87. The molecular weight excluding hydrogens is 276 g/mol. The third-order valence-electron chi connectivity index (χ3n) is 2.52. The highest BCUT2D eigenvalue weighted by molar-refractivity contribution is 6.04. The number of esters is 1. The molecule has 0 saturated heterocycles. The molecule has 1 atom stereocenters. The smallest absolute Gasteiger partial charge is 0.321 e. The van der Waals surface area contributed by atoms with E-state index in [1.807, 2.05) is 0 Å². The number of rotatable bonds is 5. The zero-order valence-corrected chi connectivity index (χ0v) is 10.7. The number of Topliss-reactive ketones (excluding diaryl/α,β-unsaturated/α-hetero) is 1. The van der Waals surface area contributed by atoms with Gasteiger partial charge in [-0.3, -0.25) is 19.7 Å². The summed E-state index contributed by atoms with van der Waals surface area (Å²) in [6.07, 6.45) is 0. The van der Waals surface area contributed by atoms with Crippen molar-refractivity contribution >= 4 is 17.4 Å². The number of nitro benzene ring substituents is 1. The Bertz CT molecular complexity index is 573. The highest BCUT2D eigenvalue weighted by Gasteiger charge is 2.37. The first-order valence-corrected chi connectivity index (χ1v) is 5.60. The van der Waals surface area contributed by atoms with Crippen LogP contribution in [0.3, 0.4) is 0 Å². The minimum Gasteiger partial charge on any atom is -0.465 e. The number of hydrogen-bond acceptors (Lipinski definition) is 5. The molecule has 0 fully saturated rings. The molecule has 1 aromatic carbocycles. The van der Waals surface area contributed by atoms with E-state index in [9.17, 15) is 28.5 Å². The fraction of sp³-hybridized carbons (Fsp3) is 0.333. The first-order chi connectivity index (χ1) is 9.31. The number of nitro groups is 1. The lowest BCUT2D eigenvalue weighted by Gasteiger charge is -2.14. The second kappa shape index (κ2) is 6.18. The van der Waals surface area contributed by atoms with Gasteiger partial charge < -0.3 is 4.74 Å². The maximum Gasteiger partial charge on any atom is 0.321 e. The van der Waals surface area contributed by atoms with E-state index in [0.717, 1.165) is 6.92 Å². The molecule has 0 heterocycles. The van der Waals surface area contributed by atoms with E-state index in [1.54, 1.807) is 0 Å². The van der Waals surface area contributed by atoms with Gasteiger partial charge in [0.1, 0.15) is 11.7 Å². The third-order valence-corrected chi connectivity index (χ3v) is 2.52. The van der Waals surface area contributed by atoms with Gasteiger partial charge in [-0.15, -0.1) is 0 Å². The van der Waals surface area contributed by atoms with E-state index in [0.29, 0.717) is 12.1 Å². The lowest BCUT2D eigenvalue weighted by Crippen LogP contribution is -2.24. The molecule has 0 aliphatic rings. The average Bonchev–Trinajstić information content (AvgIpc) is 2.34. The molecule has 108 valence electrons. The van der Waals surface area contributed by atoms with E-state index >= 15 is 0 Å². The Morgan fingerprint density at radius 3 is 2.45 bits per heavy atom. The quantitative estimate of drug-likeness (QED) is 0.358. The molecule has 1 rings (SSSR count). The lowest BCUT2D eigenvalue weighted by molar-refractivity contribution is -0.385. The molecule has 6 nitrogen and oxygen atoms in total. The maximum absolute atomic E-state index is 13.8. The Hall–Kier alpha value is -2.38. The summed E-state index contributed by atoms with van der Waals surface area (Å²) < 4.78 is 31.6. The van der Waals surface area contributed by atoms with Crippen molar-refractivity contribution in [3.05, 3.63) is 39.4 Å². The number of ketones is 1. The van der Waals surface area contributed by atoms with Gasteiger partial charge in [0.2, 0.25) is 0 Å². The average molecular weight is 287 g/mol. The van der Waals surface area contributed by atoms with Gasteiger partial charge in [0.15, 0.2) is 11.6 Å². The van der Waals surface area contributed by atoms with Crippen LogP contribution in [0.2, 0.25) is 0 Å². The second-order valence-corrected chi connectivity index (χ2v) is 3.85. The molecule has 0 aromatic heterocycles.